The van der Waals surface area contributed by atoms with Gasteiger partial charge in [-0.2, -0.15) is 0 Å². The van der Waals surface area contributed by atoms with Gasteiger partial charge in [-0.1, -0.05) is 164 Å². The van der Waals surface area contributed by atoms with Crippen molar-refractivity contribution in [2.45, 2.75) is 0 Å². The Hall–Kier alpha value is -9.59. The zero-order valence-corrected chi connectivity index (χ0v) is 37.2. The fraction of sp³-hybridized carbons (Fsp3) is 0. The average molecular weight is 898 g/mol. The molecule has 70 heavy (non-hydrogen) atoms. The smallest absolute Gasteiger partial charge is 0.164 e. The van der Waals surface area contributed by atoms with Crippen LogP contribution in [0.25, 0.3) is 155 Å². The maximum absolute atomic E-state index is 6.60. The second-order valence-corrected chi connectivity index (χ2v) is 17.8. The lowest BCUT2D eigenvalue weighted by atomic mass is 9.98. The van der Waals surface area contributed by atoms with Crippen molar-refractivity contribution in [2.24, 2.45) is 0 Å². The zero-order chi connectivity index (χ0) is 45.9. The van der Waals surface area contributed by atoms with Crippen molar-refractivity contribution < 1.29 is 17.7 Å². The first-order valence-electron chi connectivity index (χ1n) is 23.3. The molecule has 0 aliphatic heterocycles. The number of para-hydroxylation sites is 4. The van der Waals surface area contributed by atoms with E-state index >= 15 is 0 Å². The molecule has 0 aliphatic rings. The van der Waals surface area contributed by atoms with Gasteiger partial charge in [-0.05, 0) is 70.8 Å². The summed E-state index contributed by atoms with van der Waals surface area (Å²) in [5.41, 5.74) is 15.2. The molecule has 0 saturated heterocycles. The van der Waals surface area contributed by atoms with Crippen molar-refractivity contribution in [3.8, 4) is 67.5 Å². The maximum Gasteiger partial charge on any atom is 0.164 e. The molecule has 0 bridgehead atoms. The highest BCUT2D eigenvalue weighted by atomic mass is 16.3. The van der Waals surface area contributed by atoms with E-state index in [-0.39, 0.29) is 0 Å². The van der Waals surface area contributed by atoms with Gasteiger partial charge >= 0.3 is 0 Å². The lowest BCUT2D eigenvalue weighted by Gasteiger charge is -2.11. The molecule has 15 rings (SSSR count). The summed E-state index contributed by atoms with van der Waals surface area (Å²) >= 11 is 0. The molecule has 326 valence electrons. The first kappa shape index (κ1) is 38.5. The van der Waals surface area contributed by atoms with E-state index in [1.807, 2.05) is 78.9 Å². The van der Waals surface area contributed by atoms with Crippen molar-refractivity contribution in [3.63, 3.8) is 0 Å². The van der Waals surface area contributed by atoms with E-state index in [2.05, 4.69) is 133 Å². The van der Waals surface area contributed by atoms with Crippen LogP contribution in [-0.2, 0) is 0 Å². The van der Waals surface area contributed by atoms with Crippen LogP contribution in [0.4, 0.5) is 0 Å². The molecule has 0 N–H and O–H groups in total. The molecule has 5 heterocycles. The Kier molecular flexibility index (Phi) is 8.23. The van der Waals surface area contributed by atoms with Gasteiger partial charge < -0.3 is 17.7 Å². The highest BCUT2D eigenvalue weighted by Crippen LogP contribution is 2.44. The van der Waals surface area contributed by atoms with Gasteiger partial charge in [0, 0.05) is 70.9 Å². The van der Waals surface area contributed by atoms with Crippen LogP contribution in [0.3, 0.4) is 0 Å². The van der Waals surface area contributed by atoms with Crippen molar-refractivity contribution in [1.29, 1.82) is 0 Å². The lowest BCUT2D eigenvalue weighted by molar-refractivity contribution is 0.668. The third-order valence-electron chi connectivity index (χ3n) is 13.8. The fourth-order valence-electron chi connectivity index (χ4n) is 10.5. The number of aromatic nitrogens is 3. The molecule has 0 amide bonds. The number of furan rings is 4. The second-order valence-electron chi connectivity index (χ2n) is 17.8. The van der Waals surface area contributed by atoms with Crippen LogP contribution in [0.5, 0.6) is 0 Å². The molecule has 7 nitrogen and oxygen atoms in total. The summed E-state index contributed by atoms with van der Waals surface area (Å²) in [7, 11) is 0. The molecule has 0 aliphatic carbocycles. The predicted octanol–water partition coefficient (Wildman–Crippen LogP) is 17.5. The molecule has 15 aromatic rings. The SMILES string of the molecule is c1ccc(-c2ccc(-c3nc(-c4cccc5oc6ccc(-c7cccc8c7oc7ccccc78)cc6c45)nc(-c4cccc5oc6ccc(-c7cccc8c7oc7ccccc78)cc6c45)n3)cc2)cc1. The fourth-order valence-corrected chi connectivity index (χ4v) is 10.5. The van der Waals surface area contributed by atoms with Crippen LogP contribution in [0, 0.1) is 0 Å². The van der Waals surface area contributed by atoms with Crippen LogP contribution in [-0.4, -0.2) is 15.0 Å². The van der Waals surface area contributed by atoms with Crippen LogP contribution >= 0.6 is 0 Å². The van der Waals surface area contributed by atoms with Gasteiger partial charge in [0.1, 0.15) is 44.7 Å². The van der Waals surface area contributed by atoms with Gasteiger partial charge in [-0.25, -0.2) is 15.0 Å². The predicted molar refractivity (Wildman–Crippen MR) is 282 cm³/mol. The topological polar surface area (TPSA) is 91.2 Å². The summed E-state index contributed by atoms with van der Waals surface area (Å²) in [4.78, 5) is 16.0. The molecule has 0 saturated carbocycles. The Balaban J connectivity index is 0.937. The van der Waals surface area contributed by atoms with Gasteiger partial charge in [-0.3, -0.25) is 0 Å². The van der Waals surface area contributed by atoms with E-state index in [4.69, 9.17) is 32.6 Å². The number of nitrogens with zero attached hydrogens (tertiary/aromatic N) is 3. The van der Waals surface area contributed by atoms with E-state index in [1.165, 1.54) is 0 Å². The Morgan fingerprint density at radius 2 is 0.614 bits per heavy atom. The first-order chi connectivity index (χ1) is 34.7. The van der Waals surface area contributed by atoms with Gasteiger partial charge in [0.2, 0.25) is 0 Å². The monoisotopic (exact) mass is 897 g/mol. The first-order valence-corrected chi connectivity index (χ1v) is 23.3. The molecular formula is C63H35N3O4. The minimum absolute atomic E-state index is 0.521. The molecule has 0 spiro atoms. The average Bonchev–Trinajstić information content (AvgIpc) is 4.21. The highest BCUT2D eigenvalue weighted by Gasteiger charge is 2.23. The van der Waals surface area contributed by atoms with Crippen molar-refractivity contribution in [2.75, 3.05) is 0 Å². The van der Waals surface area contributed by atoms with E-state index in [0.717, 1.165) is 138 Å². The zero-order valence-electron chi connectivity index (χ0n) is 37.2. The number of benzene rings is 10. The molecule has 0 radical (unpaired) electrons. The summed E-state index contributed by atoms with van der Waals surface area (Å²) in [6.45, 7) is 0. The Bertz CT molecular complexity index is 4350. The molecule has 10 aromatic carbocycles. The van der Waals surface area contributed by atoms with Gasteiger partial charge in [-0.15, -0.1) is 0 Å². The van der Waals surface area contributed by atoms with Crippen molar-refractivity contribution in [3.05, 3.63) is 212 Å². The number of rotatable bonds is 6. The standard InChI is InChI=1S/C63H35N3O4/c1-2-12-36(13-3-1)37-26-28-38(29-27-37)61-64-62(47-20-10-24-55-57(47)49-34-39(30-32-53(49)67-55)41-16-8-18-45-43-14-4-6-22-51(43)69-59(41)45)66-63(65-61)48-21-11-25-56-58(48)50-35-40(31-33-54(50)68-56)42-17-9-19-46-44-15-5-7-23-52(44)70-60(42)46/h1-35H. The lowest BCUT2D eigenvalue weighted by Crippen LogP contribution is -2.00. The normalized spacial score (nSPS) is 12.0. The number of hydrogen-bond acceptors (Lipinski definition) is 7. The minimum atomic E-state index is 0.521. The molecule has 0 unspecified atom stereocenters. The molecule has 5 aromatic heterocycles. The van der Waals surface area contributed by atoms with Gasteiger partial charge in [0.25, 0.3) is 0 Å². The van der Waals surface area contributed by atoms with Gasteiger partial charge in [0.15, 0.2) is 17.5 Å². The summed E-state index contributed by atoms with van der Waals surface area (Å²) < 4.78 is 26.2. The summed E-state index contributed by atoms with van der Waals surface area (Å²) in [6.07, 6.45) is 0. The Labute approximate surface area is 398 Å². The molecule has 0 atom stereocenters. The molecule has 7 heteroatoms. The van der Waals surface area contributed by atoms with Crippen molar-refractivity contribution in [1.82, 2.24) is 15.0 Å². The third kappa shape index (κ3) is 5.91. The van der Waals surface area contributed by atoms with E-state index in [9.17, 15) is 0 Å². The van der Waals surface area contributed by atoms with Crippen LogP contribution in [0.2, 0.25) is 0 Å². The van der Waals surface area contributed by atoms with E-state index in [1.54, 1.807) is 0 Å². The molecule has 0 fully saturated rings. The Morgan fingerprint density at radius 3 is 1.16 bits per heavy atom. The largest absolute Gasteiger partial charge is 0.456 e. The van der Waals surface area contributed by atoms with Crippen LogP contribution in [0.1, 0.15) is 0 Å². The maximum atomic E-state index is 6.60. The second kappa shape index (κ2) is 15.0. The number of hydrogen-bond donors (Lipinski definition) is 0. The highest BCUT2D eigenvalue weighted by molar-refractivity contribution is 6.16. The minimum Gasteiger partial charge on any atom is -0.456 e. The van der Waals surface area contributed by atoms with E-state index < -0.39 is 0 Å². The molecular weight excluding hydrogens is 863 g/mol. The summed E-state index contributed by atoms with van der Waals surface area (Å²) in [5.74, 6) is 1.59. The summed E-state index contributed by atoms with van der Waals surface area (Å²) in [5, 5.41) is 8.05. The Morgan fingerprint density at radius 1 is 0.229 bits per heavy atom. The summed E-state index contributed by atoms with van der Waals surface area (Å²) in [6, 6.07) is 72.6. The van der Waals surface area contributed by atoms with Crippen molar-refractivity contribution >= 4 is 87.8 Å². The van der Waals surface area contributed by atoms with Crippen LogP contribution in [0.15, 0.2) is 230 Å². The third-order valence-corrected chi connectivity index (χ3v) is 13.8. The van der Waals surface area contributed by atoms with Crippen LogP contribution < -0.4 is 0 Å². The number of fused-ring (bicyclic) bond motifs is 12. The quantitative estimate of drug-likeness (QED) is 0.164. The van der Waals surface area contributed by atoms with Gasteiger partial charge in [0.05, 0.1) is 0 Å². The van der Waals surface area contributed by atoms with E-state index in [0.29, 0.717) is 17.5 Å².